The second-order valence-electron chi connectivity index (χ2n) is 7.87. The van der Waals surface area contributed by atoms with Gasteiger partial charge < -0.3 is 15.0 Å². The SMILES string of the molecule is COc1ccccc1[C@H]1CNC(=O)c2nc(CCn3nccc3C3CC3)[nH]c2C1. The number of methoxy groups -OCH3 is 1. The zero-order chi connectivity index (χ0) is 19.8. The number of carbonyl (C=O) groups is 1. The lowest BCUT2D eigenvalue weighted by Gasteiger charge is -2.17. The molecule has 2 N–H and O–H groups in total. The fourth-order valence-corrected chi connectivity index (χ4v) is 4.23. The first kappa shape index (κ1) is 18.0. The van der Waals surface area contributed by atoms with Gasteiger partial charge in [0.15, 0.2) is 0 Å². The molecule has 7 heteroatoms. The number of aromatic nitrogens is 4. The highest BCUT2D eigenvalue weighted by Crippen LogP contribution is 2.39. The molecular weight excluding hydrogens is 366 g/mol. The molecule has 1 aromatic carbocycles. The Kier molecular flexibility index (Phi) is 4.58. The Hall–Kier alpha value is -3.09. The third kappa shape index (κ3) is 3.52. The standard InChI is InChI=1S/C22H25N5O2/c1-29-19-5-3-2-4-16(19)15-12-17-21(22(28)23-13-15)26-20(25-17)9-11-27-18(8-10-24-27)14-6-7-14/h2-5,8,10,14-15H,6-7,9,11-13H2,1H3,(H,23,28)(H,25,26)/t15-/m1/s1. The van der Waals surface area contributed by atoms with Crippen LogP contribution in [0.15, 0.2) is 36.5 Å². The highest BCUT2D eigenvalue weighted by atomic mass is 16.5. The van der Waals surface area contributed by atoms with Crippen molar-refractivity contribution in [3.05, 3.63) is 65.0 Å². The van der Waals surface area contributed by atoms with Crippen LogP contribution in [0.5, 0.6) is 5.75 Å². The van der Waals surface area contributed by atoms with Crippen molar-refractivity contribution >= 4 is 5.91 Å². The van der Waals surface area contributed by atoms with E-state index in [-0.39, 0.29) is 11.8 Å². The van der Waals surface area contributed by atoms with E-state index in [1.54, 1.807) is 7.11 Å². The van der Waals surface area contributed by atoms with Gasteiger partial charge in [-0.05, 0) is 37.0 Å². The van der Waals surface area contributed by atoms with Crippen molar-refractivity contribution < 1.29 is 9.53 Å². The first-order valence-electron chi connectivity index (χ1n) is 10.2. The average Bonchev–Trinajstić information content (AvgIpc) is 3.38. The maximum absolute atomic E-state index is 12.6. The van der Waals surface area contributed by atoms with Gasteiger partial charge in [0, 0.05) is 48.9 Å². The van der Waals surface area contributed by atoms with Crippen LogP contribution < -0.4 is 10.1 Å². The third-order valence-corrected chi connectivity index (χ3v) is 5.89. The normalized spacial score (nSPS) is 18.8. The first-order valence-corrected chi connectivity index (χ1v) is 10.2. The Balaban J connectivity index is 1.36. The predicted molar refractivity (Wildman–Crippen MR) is 108 cm³/mol. The van der Waals surface area contributed by atoms with Crippen LogP contribution in [-0.4, -0.2) is 39.3 Å². The molecule has 3 heterocycles. The Bertz CT molecular complexity index is 1030. The van der Waals surface area contributed by atoms with Crippen LogP contribution in [0.4, 0.5) is 0 Å². The lowest BCUT2D eigenvalue weighted by molar-refractivity contribution is 0.0950. The number of ether oxygens (including phenoxy) is 1. The van der Waals surface area contributed by atoms with Crippen molar-refractivity contribution in [3.8, 4) is 5.75 Å². The van der Waals surface area contributed by atoms with E-state index in [1.165, 1.54) is 18.5 Å². The lowest BCUT2D eigenvalue weighted by atomic mass is 9.93. The summed E-state index contributed by atoms with van der Waals surface area (Å²) in [5.41, 5.74) is 3.83. The zero-order valence-electron chi connectivity index (χ0n) is 16.5. The number of para-hydroxylation sites is 1. The third-order valence-electron chi connectivity index (χ3n) is 5.89. The molecule has 150 valence electrons. The fourth-order valence-electron chi connectivity index (χ4n) is 4.23. The summed E-state index contributed by atoms with van der Waals surface area (Å²) < 4.78 is 7.60. The van der Waals surface area contributed by atoms with Gasteiger partial charge in [0.1, 0.15) is 17.3 Å². The molecule has 2 aromatic heterocycles. The first-order chi connectivity index (χ1) is 14.2. The maximum atomic E-state index is 12.6. The Morgan fingerprint density at radius 1 is 1.21 bits per heavy atom. The summed E-state index contributed by atoms with van der Waals surface area (Å²) in [6, 6.07) is 10.1. The number of fused-ring (bicyclic) bond motifs is 1. The molecule has 29 heavy (non-hydrogen) atoms. The van der Waals surface area contributed by atoms with E-state index < -0.39 is 0 Å². The molecule has 0 saturated heterocycles. The second-order valence-corrected chi connectivity index (χ2v) is 7.87. The molecule has 2 aliphatic rings. The van der Waals surface area contributed by atoms with E-state index in [0.29, 0.717) is 18.2 Å². The second kappa shape index (κ2) is 7.39. The van der Waals surface area contributed by atoms with Crippen molar-refractivity contribution in [1.29, 1.82) is 0 Å². The molecule has 1 fully saturated rings. The summed E-state index contributed by atoms with van der Waals surface area (Å²) in [6.45, 7) is 1.33. The van der Waals surface area contributed by atoms with Crippen molar-refractivity contribution in [1.82, 2.24) is 25.1 Å². The van der Waals surface area contributed by atoms with Crippen LogP contribution in [-0.2, 0) is 19.4 Å². The molecule has 1 atom stereocenters. The van der Waals surface area contributed by atoms with Gasteiger partial charge in [0.2, 0.25) is 0 Å². The van der Waals surface area contributed by atoms with Gasteiger partial charge >= 0.3 is 0 Å². The van der Waals surface area contributed by atoms with Crippen molar-refractivity contribution in [2.45, 2.75) is 44.1 Å². The Morgan fingerprint density at radius 3 is 2.90 bits per heavy atom. The largest absolute Gasteiger partial charge is 0.496 e. The molecule has 0 spiro atoms. The summed E-state index contributed by atoms with van der Waals surface area (Å²) in [6.07, 6.45) is 5.82. The summed E-state index contributed by atoms with van der Waals surface area (Å²) in [7, 11) is 1.68. The monoisotopic (exact) mass is 391 g/mol. The molecule has 3 aromatic rings. The average molecular weight is 391 g/mol. The quantitative estimate of drug-likeness (QED) is 0.677. The van der Waals surface area contributed by atoms with E-state index in [1.807, 2.05) is 24.4 Å². The molecular formula is C22H25N5O2. The Morgan fingerprint density at radius 2 is 2.07 bits per heavy atom. The van der Waals surface area contributed by atoms with Crippen LogP contribution in [0.1, 0.15) is 57.9 Å². The van der Waals surface area contributed by atoms with Crippen molar-refractivity contribution in [3.63, 3.8) is 0 Å². The number of carbonyl (C=O) groups excluding carboxylic acids is 1. The van der Waals surface area contributed by atoms with Gasteiger partial charge in [-0.15, -0.1) is 0 Å². The molecule has 0 bridgehead atoms. The summed E-state index contributed by atoms with van der Waals surface area (Å²) in [4.78, 5) is 20.6. The summed E-state index contributed by atoms with van der Waals surface area (Å²) in [5, 5.41) is 7.48. The van der Waals surface area contributed by atoms with Crippen LogP contribution in [0.2, 0.25) is 0 Å². The van der Waals surface area contributed by atoms with Crippen LogP contribution in [0, 0.1) is 0 Å². The minimum atomic E-state index is -0.113. The smallest absolute Gasteiger partial charge is 0.271 e. The zero-order valence-corrected chi connectivity index (χ0v) is 16.5. The number of hydrogen-bond acceptors (Lipinski definition) is 4. The van der Waals surface area contributed by atoms with E-state index in [0.717, 1.165) is 42.2 Å². The van der Waals surface area contributed by atoms with Gasteiger partial charge in [0.25, 0.3) is 5.91 Å². The highest BCUT2D eigenvalue weighted by molar-refractivity contribution is 5.94. The molecule has 7 nitrogen and oxygen atoms in total. The molecule has 1 aliphatic heterocycles. The number of aryl methyl sites for hydroxylation is 2. The van der Waals surface area contributed by atoms with E-state index in [2.05, 4.69) is 37.2 Å². The number of amides is 1. The van der Waals surface area contributed by atoms with Crippen LogP contribution in [0.3, 0.4) is 0 Å². The van der Waals surface area contributed by atoms with Gasteiger partial charge in [0.05, 0.1) is 7.11 Å². The molecule has 0 radical (unpaired) electrons. The van der Waals surface area contributed by atoms with E-state index in [4.69, 9.17) is 4.74 Å². The predicted octanol–water partition coefficient (Wildman–Crippen LogP) is 2.80. The lowest BCUT2D eigenvalue weighted by Crippen LogP contribution is -2.26. The Labute approximate surface area is 169 Å². The number of imidazole rings is 1. The van der Waals surface area contributed by atoms with Gasteiger partial charge in [-0.3, -0.25) is 9.48 Å². The number of aromatic amines is 1. The number of rotatable bonds is 6. The number of hydrogen-bond donors (Lipinski definition) is 2. The van der Waals surface area contributed by atoms with Crippen LogP contribution in [0.25, 0.3) is 0 Å². The topological polar surface area (TPSA) is 84.8 Å². The molecule has 5 rings (SSSR count). The maximum Gasteiger partial charge on any atom is 0.271 e. The highest BCUT2D eigenvalue weighted by Gasteiger charge is 2.29. The van der Waals surface area contributed by atoms with Gasteiger partial charge in [-0.1, -0.05) is 18.2 Å². The minimum absolute atomic E-state index is 0.113. The molecule has 1 aliphatic carbocycles. The molecule has 0 unspecified atom stereocenters. The number of H-pyrrole nitrogens is 1. The number of benzene rings is 1. The van der Waals surface area contributed by atoms with Gasteiger partial charge in [-0.2, -0.15) is 5.10 Å². The summed E-state index contributed by atoms with van der Waals surface area (Å²) in [5.74, 6) is 2.37. The van der Waals surface area contributed by atoms with E-state index >= 15 is 0 Å². The number of nitrogens with one attached hydrogen (secondary N) is 2. The van der Waals surface area contributed by atoms with Gasteiger partial charge in [-0.25, -0.2) is 4.98 Å². The van der Waals surface area contributed by atoms with E-state index in [9.17, 15) is 4.79 Å². The minimum Gasteiger partial charge on any atom is -0.496 e. The number of nitrogens with zero attached hydrogens (tertiary/aromatic N) is 3. The summed E-state index contributed by atoms with van der Waals surface area (Å²) >= 11 is 0. The van der Waals surface area contributed by atoms with Crippen molar-refractivity contribution in [2.24, 2.45) is 0 Å². The molecule has 1 amide bonds. The van der Waals surface area contributed by atoms with Crippen molar-refractivity contribution in [2.75, 3.05) is 13.7 Å². The fraction of sp³-hybridized carbons (Fsp3) is 0.409. The van der Waals surface area contributed by atoms with Crippen LogP contribution >= 0.6 is 0 Å². The molecule has 1 saturated carbocycles.